The van der Waals surface area contributed by atoms with Gasteiger partial charge in [0.25, 0.3) is 0 Å². The number of hydrogen-bond donors (Lipinski definition) is 0. The van der Waals surface area contributed by atoms with E-state index in [0.29, 0.717) is 18.2 Å². The second-order valence-electron chi connectivity index (χ2n) is 4.16. The van der Waals surface area contributed by atoms with Crippen molar-refractivity contribution in [1.82, 2.24) is 4.98 Å². The Hall–Kier alpha value is -0.640. The van der Waals surface area contributed by atoms with Crippen LogP contribution in [0.2, 0.25) is 0 Å². The fourth-order valence-electron chi connectivity index (χ4n) is 1.83. The van der Waals surface area contributed by atoms with Gasteiger partial charge >= 0.3 is 0 Å². The molecule has 0 N–H and O–H groups in total. The third-order valence-corrected chi connectivity index (χ3v) is 4.72. The molecule has 1 aromatic heterocycles. The number of rotatable bonds is 5. The average Bonchev–Trinajstić information content (AvgIpc) is 2.89. The van der Waals surface area contributed by atoms with Crippen molar-refractivity contribution in [2.45, 2.75) is 11.8 Å². The number of benzene rings is 1. The summed E-state index contributed by atoms with van der Waals surface area (Å²) in [6.45, 7) is 0. The minimum Gasteiger partial charge on any atom is -0.250 e. The molecule has 96 valence electrons. The van der Waals surface area contributed by atoms with Crippen molar-refractivity contribution in [3.63, 3.8) is 0 Å². The lowest BCUT2D eigenvalue weighted by molar-refractivity contribution is 0.527. The van der Waals surface area contributed by atoms with Gasteiger partial charge in [0, 0.05) is 35.2 Å². The normalized spacial score (nSPS) is 11.7. The molecule has 18 heavy (non-hydrogen) atoms. The van der Waals surface area contributed by atoms with Crippen molar-refractivity contribution < 1.29 is 4.39 Å². The van der Waals surface area contributed by atoms with Crippen LogP contribution in [0.5, 0.6) is 0 Å². The minimum absolute atomic E-state index is 0.272. The molecule has 0 aliphatic heterocycles. The molecule has 0 fully saturated rings. The lowest BCUT2D eigenvalue weighted by Gasteiger charge is -2.29. The first kappa shape index (κ1) is 13.8. The quantitative estimate of drug-likeness (QED) is 0.753. The fraction of sp³-hybridized carbons (Fsp3) is 0.308. The number of hydrogen-bond acceptors (Lipinski definition) is 2. The second-order valence-corrected chi connectivity index (χ2v) is 5.67. The summed E-state index contributed by atoms with van der Waals surface area (Å²) in [6, 6.07) is 6.46. The summed E-state index contributed by atoms with van der Waals surface area (Å²) in [5.41, 5.74) is 0.353. The third-order valence-electron chi connectivity index (χ3n) is 2.92. The molecule has 0 unspecified atom stereocenters. The van der Waals surface area contributed by atoms with E-state index in [4.69, 9.17) is 23.2 Å². The zero-order valence-corrected chi connectivity index (χ0v) is 11.9. The summed E-state index contributed by atoms with van der Waals surface area (Å²) < 4.78 is 13.3. The largest absolute Gasteiger partial charge is 0.250 e. The molecule has 1 nitrogen and oxygen atoms in total. The number of alkyl halides is 2. The summed E-state index contributed by atoms with van der Waals surface area (Å²) in [6.07, 6.45) is 2.37. The van der Waals surface area contributed by atoms with Crippen molar-refractivity contribution in [2.75, 3.05) is 11.8 Å². The molecule has 2 rings (SSSR count). The van der Waals surface area contributed by atoms with E-state index in [-0.39, 0.29) is 5.82 Å². The maximum atomic E-state index is 13.3. The molecular formula is C13H12Cl2FNS. The van der Waals surface area contributed by atoms with Crippen LogP contribution in [-0.4, -0.2) is 16.7 Å². The smallest absolute Gasteiger partial charge is 0.123 e. The highest BCUT2D eigenvalue weighted by Gasteiger charge is 2.32. The van der Waals surface area contributed by atoms with Gasteiger partial charge in [0.1, 0.15) is 5.82 Å². The summed E-state index contributed by atoms with van der Waals surface area (Å²) in [4.78, 5) is 4.25. The van der Waals surface area contributed by atoms with E-state index in [0.717, 1.165) is 10.6 Å². The Bertz CT molecular complexity index is 497. The fourth-order valence-corrected chi connectivity index (χ4v) is 3.38. The SMILES string of the molecule is Fc1cccc(C(CCl)(CCl)Cc2nccs2)c1. The molecule has 0 bridgehead atoms. The molecule has 5 heteroatoms. The molecule has 0 aliphatic rings. The topological polar surface area (TPSA) is 12.9 Å². The van der Waals surface area contributed by atoms with Crippen LogP contribution in [-0.2, 0) is 11.8 Å². The lowest BCUT2D eigenvalue weighted by atomic mass is 9.81. The Morgan fingerprint density at radius 3 is 2.61 bits per heavy atom. The van der Waals surface area contributed by atoms with Gasteiger partial charge in [-0.3, -0.25) is 0 Å². The van der Waals surface area contributed by atoms with Crippen LogP contribution in [0.1, 0.15) is 10.6 Å². The van der Waals surface area contributed by atoms with E-state index in [2.05, 4.69) is 4.98 Å². The van der Waals surface area contributed by atoms with Crippen molar-refractivity contribution in [1.29, 1.82) is 0 Å². The Labute approximate surface area is 120 Å². The van der Waals surface area contributed by atoms with Crippen LogP contribution in [0.3, 0.4) is 0 Å². The summed E-state index contributed by atoms with van der Waals surface area (Å²) >= 11 is 13.8. The van der Waals surface area contributed by atoms with Gasteiger partial charge in [0.2, 0.25) is 0 Å². The molecule has 0 saturated heterocycles. The van der Waals surface area contributed by atoms with E-state index < -0.39 is 5.41 Å². The Balaban J connectivity index is 2.37. The summed E-state index contributed by atoms with van der Waals surface area (Å²) in [5.74, 6) is 0.394. The van der Waals surface area contributed by atoms with Crippen molar-refractivity contribution in [3.8, 4) is 0 Å². The predicted octanol–water partition coefficient (Wildman–Crippen LogP) is 4.24. The van der Waals surface area contributed by atoms with Gasteiger partial charge in [-0.15, -0.1) is 34.5 Å². The molecule has 0 radical (unpaired) electrons. The first-order valence-electron chi connectivity index (χ1n) is 5.46. The average molecular weight is 304 g/mol. The predicted molar refractivity (Wildman–Crippen MR) is 75.3 cm³/mol. The first-order chi connectivity index (χ1) is 8.70. The van der Waals surface area contributed by atoms with Crippen molar-refractivity contribution >= 4 is 34.5 Å². The number of aromatic nitrogens is 1. The van der Waals surface area contributed by atoms with E-state index in [9.17, 15) is 4.39 Å². The molecule has 0 aliphatic carbocycles. The summed E-state index contributed by atoms with van der Waals surface area (Å²) in [5, 5.41) is 2.87. The zero-order valence-electron chi connectivity index (χ0n) is 9.57. The molecule has 2 aromatic rings. The zero-order chi connectivity index (χ0) is 13.0. The van der Waals surface area contributed by atoms with Gasteiger partial charge in [-0.25, -0.2) is 9.37 Å². The molecule has 0 amide bonds. The second kappa shape index (κ2) is 6.00. The molecule has 0 spiro atoms. The van der Waals surface area contributed by atoms with Gasteiger partial charge in [0.15, 0.2) is 0 Å². The molecular weight excluding hydrogens is 292 g/mol. The third kappa shape index (κ3) is 2.85. The summed E-state index contributed by atoms with van der Waals surface area (Å²) in [7, 11) is 0. The highest BCUT2D eigenvalue weighted by molar-refractivity contribution is 7.09. The van der Waals surface area contributed by atoms with Crippen molar-refractivity contribution in [3.05, 3.63) is 52.2 Å². The lowest BCUT2D eigenvalue weighted by Crippen LogP contribution is -2.33. The van der Waals surface area contributed by atoms with E-state index in [1.54, 1.807) is 23.6 Å². The first-order valence-corrected chi connectivity index (χ1v) is 7.41. The van der Waals surface area contributed by atoms with E-state index in [1.807, 2.05) is 11.4 Å². The Morgan fingerprint density at radius 2 is 2.06 bits per heavy atom. The number of thiazole rings is 1. The van der Waals surface area contributed by atoms with Crippen molar-refractivity contribution in [2.24, 2.45) is 0 Å². The number of nitrogens with zero attached hydrogens (tertiary/aromatic N) is 1. The van der Waals surface area contributed by atoms with Crippen LogP contribution in [0.25, 0.3) is 0 Å². The maximum Gasteiger partial charge on any atom is 0.123 e. The van der Waals surface area contributed by atoms with E-state index >= 15 is 0 Å². The van der Waals surface area contributed by atoms with Crippen LogP contribution in [0, 0.1) is 5.82 Å². The number of halogens is 3. The van der Waals surface area contributed by atoms with Gasteiger partial charge in [-0.05, 0) is 17.7 Å². The molecule has 1 aromatic carbocycles. The van der Waals surface area contributed by atoms with Gasteiger partial charge in [-0.1, -0.05) is 12.1 Å². The van der Waals surface area contributed by atoms with E-state index in [1.165, 1.54) is 12.1 Å². The standard InChI is InChI=1S/C13H12Cl2FNS/c14-8-13(9-15,7-12-17-4-5-18-12)10-2-1-3-11(16)6-10/h1-6H,7-9H2. The maximum absolute atomic E-state index is 13.3. The molecule has 0 atom stereocenters. The Kier molecular flexibility index (Phi) is 4.60. The highest BCUT2D eigenvalue weighted by Crippen LogP contribution is 2.32. The molecule has 0 saturated carbocycles. The van der Waals surface area contributed by atoms with Crippen LogP contribution in [0.4, 0.5) is 4.39 Å². The minimum atomic E-state index is -0.469. The van der Waals surface area contributed by atoms with Gasteiger partial charge in [-0.2, -0.15) is 0 Å². The highest BCUT2D eigenvalue weighted by atomic mass is 35.5. The van der Waals surface area contributed by atoms with Crippen LogP contribution in [0.15, 0.2) is 35.8 Å². The Morgan fingerprint density at radius 1 is 1.28 bits per heavy atom. The van der Waals surface area contributed by atoms with Crippen LogP contribution >= 0.6 is 34.5 Å². The van der Waals surface area contributed by atoms with Crippen LogP contribution < -0.4 is 0 Å². The van der Waals surface area contributed by atoms with Gasteiger partial charge < -0.3 is 0 Å². The monoisotopic (exact) mass is 303 g/mol. The van der Waals surface area contributed by atoms with Gasteiger partial charge in [0.05, 0.1) is 5.01 Å². The molecule has 1 heterocycles.